The monoisotopic (exact) mass is 281 g/mol. The van der Waals surface area contributed by atoms with E-state index in [1.807, 2.05) is 0 Å². The van der Waals surface area contributed by atoms with Crippen LogP contribution in [0.3, 0.4) is 0 Å². The van der Waals surface area contributed by atoms with Crippen molar-refractivity contribution >= 4 is 0 Å². The molecule has 0 radical (unpaired) electrons. The topological polar surface area (TPSA) is 35.2 Å². The number of hydrogen-bond acceptors (Lipinski definition) is 2. The lowest BCUT2D eigenvalue weighted by Gasteiger charge is -2.17. The van der Waals surface area contributed by atoms with Crippen molar-refractivity contribution in [2.75, 3.05) is 7.11 Å². The van der Waals surface area contributed by atoms with E-state index in [0.717, 1.165) is 12.1 Å². The highest BCUT2D eigenvalue weighted by Gasteiger charge is 2.31. The van der Waals surface area contributed by atoms with Crippen LogP contribution < -0.4 is 10.5 Å². The predicted octanol–water partition coefficient (Wildman–Crippen LogP) is 3.76. The van der Waals surface area contributed by atoms with Crippen LogP contribution in [-0.4, -0.2) is 7.11 Å². The van der Waals surface area contributed by atoms with Gasteiger partial charge in [0, 0.05) is 5.56 Å². The molecule has 0 bridgehead atoms. The minimum absolute atomic E-state index is 0.393. The normalized spacial score (nSPS) is 13.1. The van der Waals surface area contributed by atoms with E-state index in [9.17, 15) is 13.2 Å². The van der Waals surface area contributed by atoms with Gasteiger partial charge in [0.1, 0.15) is 5.75 Å². The molecule has 20 heavy (non-hydrogen) atoms. The number of alkyl halides is 3. The maximum Gasteiger partial charge on any atom is 0.416 e. The van der Waals surface area contributed by atoms with E-state index in [1.165, 1.54) is 13.2 Å². The SMILES string of the molecule is COc1ccccc1C(N)c1cccc(C(F)(F)F)c1. The molecular weight excluding hydrogens is 267 g/mol. The number of ether oxygens (including phenoxy) is 1. The Morgan fingerprint density at radius 3 is 2.40 bits per heavy atom. The molecule has 2 rings (SSSR count). The molecule has 0 aliphatic heterocycles. The fourth-order valence-electron chi connectivity index (χ4n) is 2.01. The van der Waals surface area contributed by atoms with Gasteiger partial charge in [-0.05, 0) is 23.8 Å². The van der Waals surface area contributed by atoms with Crippen molar-refractivity contribution in [3.05, 3.63) is 65.2 Å². The van der Waals surface area contributed by atoms with Gasteiger partial charge in [-0.3, -0.25) is 0 Å². The third-order valence-corrected chi connectivity index (χ3v) is 3.05. The van der Waals surface area contributed by atoms with Crippen LogP contribution in [-0.2, 0) is 6.18 Å². The van der Waals surface area contributed by atoms with Crippen molar-refractivity contribution in [2.45, 2.75) is 12.2 Å². The van der Waals surface area contributed by atoms with Gasteiger partial charge in [0.25, 0.3) is 0 Å². The summed E-state index contributed by atoms with van der Waals surface area (Å²) in [5, 5.41) is 0. The molecule has 0 heterocycles. The molecule has 0 aliphatic rings. The fourth-order valence-corrected chi connectivity index (χ4v) is 2.01. The molecule has 0 saturated carbocycles. The van der Waals surface area contributed by atoms with Gasteiger partial charge < -0.3 is 10.5 Å². The van der Waals surface area contributed by atoms with Crippen LogP contribution >= 0.6 is 0 Å². The molecule has 1 unspecified atom stereocenters. The number of halogens is 3. The number of nitrogens with two attached hydrogens (primary N) is 1. The summed E-state index contributed by atoms with van der Waals surface area (Å²) in [5.41, 5.74) is 6.39. The lowest BCUT2D eigenvalue weighted by atomic mass is 9.97. The highest BCUT2D eigenvalue weighted by atomic mass is 19.4. The standard InChI is InChI=1S/C15H14F3NO/c1-20-13-8-3-2-7-12(13)14(19)10-5-4-6-11(9-10)15(16,17)18/h2-9,14H,19H2,1H3. The third kappa shape index (κ3) is 2.93. The van der Waals surface area contributed by atoms with Gasteiger partial charge in [-0.15, -0.1) is 0 Å². The molecule has 2 aromatic carbocycles. The van der Waals surface area contributed by atoms with Crippen molar-refractivity contribution in [1.29, 1.82) is 0 Å². The van der Waals surface area contributed by atoms with Gasteiger partial charge in [-0.2, -0.15) is 13.2 Å². The second kappa shape index (κ2) is 5.54. The summed E-state index contributed by atoms with van der Waals surface area (Å²) in [4.78, 5) is 0. The first-order chi connectivity index (χ1) is 9.43. The Balaban J connectivity index is 2.41. The maximum atomic E-state index is 12.7. The molecule has 0 spiro atoms. The Morgan fingerprint density at radius 1 is 1.05 bits per heavy atom. The zero-order chi connectivity index (χ0) is 14.8. The number of para-hydroxylation sites is 1. The van der Waals surface area contributed by atoms with Gasteiger partial charge >= 0.3 is 6.18 Å². The summed E-state index contributed by atoms with van der Waals surface area (Å²) in [5.74, 6) is 0.553. The van der Waals surface area contributed by atoms with Crippen molar-refractivity contribution in [1.82, 2.24) is 0 Å². The Morgan fingerprint density at radius 2 is 1.75 bits per heavy atom. The Bertz CT molecular complexity index is 596. The van der Waals surface area contributed by atoms with E-state index in [2.05, 4.69) is 0 Å². The number of methoxy groups -OCH3 is 1. The van der Waals surface area contributed by atoms with Crippen LogP contribution in [0.5, 0.6) is 5.75 Å². The Labute approximate surface area is 115 Å². The van der Waals surface area contributed by atoms with Gasteiger partial charge in [0.05, 0.1) is 18.7 Å². The molecule has 2 nitrogen and oxygen atoms in total. The number of hydrogen-bond donors (Lipinski definition) is 1. The third-order valence-electron chi connectivity index (χ3n) is 3.05. The van der Waals surface area contributed by atoms with E-state index in [0.29, 0.717) is 16.9 Å². The average Bonchev–Trinajstić information content (AvgIpc) is 2.45. The minimum Gasteiger partial charge on any atom is -0.496 e. The maximum absolute atomic E-state index is 12.7. The van der Waals surface area contributed by atoms with Crippen LogP contribution in [0, 0.1) is 0 Å². The van der Waals surface area contributed by atoms with Crippen molar-refractivity contribution in [3.63, 3.8) is 0 Å². The zero-order valence-electron chi connectivity index (χ0n) is 10.8. The zero-order valence-corrected chi connectivity index (χ0v) is 10.8. The van der Waals surface area contributed by atoms with Gasteiger partial charge in [0.2, 0.25) is 0 Å². The van der Waals surface area contributed by atoms with Gasteiger partial charge in [-0.25, -0.2) is 0 Å². The molecule has 0 aliphatic carbocycles. The van der Waals surface area contributed by atoms with Crippen molar-refractivity contribution in [3.8, 4) is 5.75 Å². The highest BCUT2D eigenvalue weighted by molar-refractivity contribution is 5.42. The molecule has 5 heteroatoms. The molecule has 2 aromatic rings. The summed E-state index contributed by atoms with van der Waals surface area (Å²) >= 11 is 0. The molecule has 2 N–H and O–H groups in total. The first-order valence-corrected chi connectivity index (χ1v) is 5.99. The summed E-state index contributed by atoms with van der Waals surface area (Å²) in [7, 11) is 1.50. The smallest absolute Gasteiger partial charge is 0.416 e. The summed E-state index contributed by atoms with van der Waals surface area (Å²) in [6.07, 6.45) is -4.38. The molecule has 0 fully saturated rings. The molecule has 0 amide bonds. The van der Waals surface area contributed by atoms with Crippen LogP contribution in [0.2, 0.25) is 0 Å². The van der Waals surface area contributed by atoms with Crippen molar-refractivity contribution < 1.29 is 17.9 Å². The molecule has 0 aromatic heterocycles. The molecule has 106 valence electrons. The van der Waals surface area contributed by atoms with Crippen LogP contribution in [0.25, 0.3) is 0 Å². The molecule has 0 saturated heterocycles. The van der Waals surface area contributed by atoms with Crippen molar-refractivity contribution in [2.24, 2.45) is 5.73 Å². The fraction of sp³-hybridized carbons (Fsp3) is 0.200. The van der Waals surface area contributed by atoms with Gasteiger partial charge in [-0.1, -0.05) is 30.3 Å². The lowest BCUT2D eigenvalue weighted by molar-refractivity contribution is -0.137. The highest BCUT2D eigenvalue weighted by Crippen LogP contribution is 2.33. The van der Waals surface area contributed by atoms with Crippen LogP contribution in [0.15, 0.2) is 48.5 Å². The number of rotatable bonds is 3. The largest absolute Gasteiger partial charge is 0.496 e. The van der Waals surface area contributed by atoms with Crippen LogP contribution in [0.1, 0.15) is 22.7 Å². The molecular formula is C15H14F3NO. The first-order valence-electron chi connectivity index (χ1n) is 5.99. The molecule has 1 atom stereocenters. The Hall–Kier alpha value is -2.01. The predicted molar refractivity (Wildman–Crippen MR) is 70.5 cm³/mol. The Kier molecular flexibility index (Phi) is 3.99. The number of benzene rings is 2. The summed E-state index contributed by atoms with van der Waals surface area (Å²) < 4.78 is 43.3. The summed E-state index contributed by atoms with van der Waals surface area (Å²) in [6.45, 7) is 0. The van der Waals surface area contributed by atoms with E-state index < -0.39 is 17.8 Å². The lowest BCUT2D eigenvalue weighted by Crippen LogP contribution is -2.14. The minimum atomic E-state index is -4.38. The second-order valence-corrected chi connectivity index (χ2v) is 4.34. The van der Waals surface area contributed by atoms with E-state index in [-0.39, 0.29) is 0 Å². The average molecular weight is 281 g/mol. The quantitative estimate of drug-likeness (QED) is 0.929. The van der Waals surface area contributed by atoms with E-state index in [4.69, 9.17) is 10.5 Å². The van der Waals surface area contributed by atoms with Gasteiger partial charge in [0.15, 0.2) is 0 Å². The second-order valence-electron chi connectivity index (χ2n) is 4.34. The van der Waals surface area contributed by atoms with Crippen LogP contribution in [0.4, 0.5) is 13.2 Å². The first kappa shape index (κ1) is 14.4. The van der Waals surface area contributed by atoms with E-state index in [1.54, 1.807) is 30.3 Å². The van der Waals surface area contributed by atoms with E-state index >= 15 is 0 Å². The summed E-state index contributed by atoms with van der Waals surface area (Å²) in [6, 6.07) is 11.4.